The van der Waals surface area contributed by atoms with Gasteiger partial charge in [0.05, 0.1) is 18.1 Å². The van der Waals surface area contributed by atoms with Crippen LogP contribution in [0.1, 0.15) is 106 Å². The van der Waals surface area contributed by atoms with E-state index in [1.54, 1.807) is 18.9 Å². The molecule has 5 aliphatic rings. The number of likely N-dealkylation sites (tertiary alicyclic amines) is 2. The quantitative estimate of drug-likeness (QED) is 0.273. The van der Waals surface area contributed by atoms with Crippen LogP contribution in [0.4, 0.5) is 11.4 Å². The Labute approximate surface area is 326 Å². The predicted octanol–water partition coefficient (Wildman–Crippen LogP) is 3.57. The lowest BCUT2D eigenvalue weighted by Gasteiger charge is -2.42. The van der Waals surface area contributed by atoms with Crippen molar-refractivity contribution in [1.29, 1.82) is 0 Å². The van der Waals surface area contributed by atoms with Crippen LogP contribution < -0.4 is 31.5 Å². The number of carbonyl (C=O) groups excluding carboxylic acids is 4. The van der Waals surface area contributed by atoms with Crippen LogP contribution in [0.25, 0.3) is 0 Å². The third kappa shape index (κ3) is 7.94. The molecule has 3 aliphatic heterocycles. The van der Waals surface area contributed by atoms with Gasteiger partial charge in [-0.05, 0) is 125 Å². The van der Waals surface area contributed by atoms with E-state index in [0.717, 1.165) is 90.5 Å². The van der Waals surface area contributed by atoms with E-state index in [1.807, 2.05) is 13.8 Å². The summed E-state index contributed by atoms with van der Waals surface area (Å²) in [7, 11) is 1.72. The number of rotatable bonds is 11. The van der Waals surface area contributed by atoms with Gasteiger partial charge in [0, 0.05) is 50.1 Å². The van der Waals surface area contributed by atoms with E-state index in [4.69, 9.17) is 5.73 Å². The lowest BCUT2D eigenvalue weighted by molar-refractivity contribution is -0.142. The second-order valence-electron chi connectivity index (χ2n) is 16.8. The van der Waals surface area contributed by atoms with Gasteiger partial charge in [0.15, 0.2) is 0 Å². The SMILES string of the molecule is CN[C@@H](C)C(=O)N[C@H](C(=O)N1CCC[C@H]1C(=O)N[C@@H]1CCCc2c1cccc2N1CCN(c2cccc3c2CCC[C@H]3N2CCCC2C(N)=O)CC1)C(C)C. The molecule has 4 amide bonds. The fourth-order valence-corrected chi connectivity index (χ4v) is 10.0. The Balaban J connectivity index is 1.01. The molecule has 55 heavy (non-hydrogen) atoms. The molecule has 7 rings (SSSR count). The highest BCUT2D eigenvalue weighted by Crippen LogP contribution is 2.42. The Morgan fingerprint density at radius 1 is 0.727 bits per heavy atom. The van der Waals surface area contributed by atoms with Crippen molar-refractivity contribution >= 4 is 35.0 Å². The highest BCUT2D eigenvalue weighted by molar-refractivity contribution is 5.93. The molecule has 3 saturated heterocycles. The van der Waals surface area contributed by atoms with Crippen molar-refractivity contribution in [2.24, 2.45) is 11.7 Å². The molecule has 6 atom stereocenters. The first kappa shape index (κ1) is 39.1. The number of amides is 4. The maximum atomic E-state index is 14.0. The average molecular weight is 755 g/mol. The fraction of sp³-hybridized carbons (Fsp3) is 0.628. The average Bonchev–Trinajstić information content (AvgIpc) is 3.90. The van der Waals surface area contributed by atoms with Crippen molar-refractivity contribution in [3.8, 4) is 0 Å². The predicted molar refractivity (Wildman–Crippen MR) is 216 cm³/mol. The van der Waals surface area contributed by atoms with E-state index < -0.39 is 18.1 Å². The summed E-state index contributed by atoms with van der Waals surface area (Å²) in [5, 5.41) is 9.24. The van der Waals surface area contributed by atoms with E-state index >= 15 is 0 Å². The number of likely N-dealkylation sites (N-methyl/N-ethyl adjacent to an activating group) is 1. The molecule has 0 saturated carbocycles. The molecule has 0 bridgehead atoms. The number of nitrogens with one attached hydrogen (secondary N) is 3. The summed E-state index contributed by atoms with van der Waals surface area (Å²) in [4.78, 5) is 61.9. The minimum Gasteiger partial charge on any atom is -0.368 e. The molecule has 5 N–H and O–H groups in total. The van der Waals surface area contributed by atoms with Crippen molar-refractivity contribution in [1.82, 2.24) is 25.8 Å². The summed E-state index contributed by atoms with van der Waals surface area (Å²) in [5.41, 5.74) is 13.8. The number of fused-ring (bicyclic) bond motifs is 2. The highest BCUT2D eigenvalue weighted by Gasteiger charge is 2.41. The van der Waals surface area contributed by atoms with E-state index in [9.17, 15) is 19.2 Å². The van der Waals surface area contributed by atoms with Gasteiger partial charge >= 0.3 is 0 Å². The molecule has 12 nitrogen and oxygen atoms in total. The summed E-state index contributed by atoms with van der Waals surface area (Å²) < 4.78 is 0. The summed E-state index contributed by atoms with van der Waals surface area (Å²) in [6.07, 6.45) is 9.33. The summed E-state index contributed by atoms with van der Waals surface area (Å²) >= 11 is 0. The standard InChI is InChI=1S/C43H62N8O4/c1-27(2)39(47-41(53)28(3)45-4)43(55)51-22-10-20-38(51)42(54)46-33-15-5-12-30-29(33)11-6-16-34(30)48-23-25-49(26-24-48)35-17-7-14-32-31(35)13-8-18-36(32)50-21-9-19-37(50)40(44)52/h6-7,11,14,16-17,27-28,33,36-39,45H,5,8-10,12-13,15,18-26H2,1-4H3,(H2,44,52)(H,46,54)(H,47,53)/t28-,33+,36+,37?,38-,39-/m0/s1. The molecule has 0 spiro atoms. The van der Waals surface area contributed by atoms with Gasteiger partial charge < -0.3 is 36.4 Å². The van der Waals surface area contributed by atoms with Crippen LogP contribution in [0.3, 0.4) is 0 Å². The number of anilines is 2. The Morgan fingerprint density at radius 2 is 1.33 bits per heavy atom. The second kappa shape index (κ2) is 16.9. The molecule has 3 fully saturated rings. The first-order chi connectivity index (χ1) is 26.6. The van der Waals surface area contributed by atoms with Crippen LogP contribution >= 0.6 is 0 Å². The number of piperazine rings is 1. The van der Waals surface area contributed by atoms with Crippen LogP contribution in [0.5, 0.6) is 0 Å². The molecule has 0 radical (unpaired) electrons. The molecular formula is C43H62N8O4. The van der Waals surface area contributed by atoms with Crippen molar-refractivity contribution < 1.29 is 19.2 Å². The van der Waals surface area contributed by atoms with Gasteiger partial charge in [-0.25, -0.2) is 0 Å². The Morgan fingerprint density at radius 3 is 1.96 bits per heavy atom. The lowest BCUT2D eigenvalue weighted by Crippen LogP contribution is -2.57. The number of carbonyl (C=O) groups is 4. The number of hydrogen-bond acceptors (Lipinski definition) is 8. The minimum atomic E-state index is -0.690. The van der Waals surface area contributed by atoms with Crippen LogP contribution in [0.15, 0.2) is 36.4 Å². The zero-order valence-corrected chi connectivity index (χ0v) is 33.3. The van der Waals surface area contributed by atoms with E-state index in [2.05, 4.69) is 67.0 Å². The largest absolute Gasteiger partial charge is 0.368 e. The van der Waals surface area contributed by atoms with Crippen LogP contribution in [0.2, 0.25) is 0 Å². The van der Waals surface area contributed by atoms with E-state index in [0.29, 0.717) is 13.0 Å². The maximum absolute atomic E-state index is 14.0. The Hall–Kier alpha value is -4.16. The molecule has 1 unspecified atom stereocenters. The number of nitrogens with zero attached hydrogens (tertiary/aromatic N) is 4. The molecule has 2 aliphatic carbocycles. The number of nitrogens with two attached hydrogens (primary N) is 1. The summed E-state index contributed by atoms with van der Waals surface area (Å²) in [6.45, 7) is 10.7. The van der Waals surface area contributed by atoms with E-state index in [1.165, 1.54) is 33.6 Å². The first-order valence-corrected chi connectivity index (χ1v) is 20.9. The zero-order chi connectivity index (χ0) is 38.8. The number of primary amides is 1. The Kier molecular flexibility index (Phi) is 12.0. The smallest absolute Gasteiger partial charge is 0.246 e. The third-order valence-corrected chi connectivity index (χ3v) is 13.1. The maximum Gasteiger partial charge on any atom is 0.246 e. The summed E-state index contributed by atoms with van der Waals surface area (Å²) in [6, 6.07) is 11.6. The fourth-order valence-electron chi connectivity index (χ4n) is 10.0. The van der Waals surface area contributed by atoms with Gasteiger partial charge in [0.1, 0.15) is 12.1 Å². The van der Waals surface area contributed by atoms with Gasteiger partial charge in [-0.1, -0.05) is 38.1 Å². The number of benzene rings is 2. The molecule has 2 aromatic rings. The van der Waals surface area contributed by atoms with Crippen molar-refractivity contribution in [3.05, 3.63) is 58.7 Å². The third-order valence-electron chi connectivity index (χ3n) is 13.1. The van der Waals surface area contributed by atoms with Crippen LogP contribution in [-0.4, -0.2) is 104 Å². The van der Waals surface area contributed by atoms with Gasteiger partial charge in [0.25, 0.3) is 0 Å². The normalized spacial score (nSPS) is 25.3. The summed E-state index contributed by atoms with van der Waals surface area (Å²) in [5.74, 6) is -0.827. The molecule has 12 heteroatoms. The van der Waals surface area contributed by atoms with Crippen LogP contribution in [0, 0.1) is 5.92 Å². The van der Waals surface area contributed by atoms with Crippen molar-refractivity contribution in [2.45, 2.75) is 121 Å². The zero-order valence-electron chi connectivity index (χ0n) is 33.3. The highest BCUT2D eigenvalue weighted by atomic mass is 16.2. The monoisotopic (exact) mass is 754 g/mol. The lowest BCUT2D eigenvalue weighted by atomic mass is 9.85. The number of hydrogen-bond donors (Lipinski definition) is 4. The van der Waals surface area contributed by atoms with Gasteiger partial charge in [-0.3, -0.25) is 24.1 Å². The molecular weight excluding hydrogens is 693 g/mol. The topological polar surface area (TPSA) is 143 Å². The van der Waals surface area contributed by atoms with Crippen molar-refractivity contribution in [2.75, 3.05) is 56.1 Å². The Bertz CT molecular complexity index is 1740. The minimum absolute atomic E-state index is 0.108. The van der Waals surface area contributed by atoms with Gasteiger partial charge in [-0.2, -0.15) is 0 Å². The van der Waals surface area contributed by atoms with E-state index in [-0.39, 0.29) is 47.7 Å². The first-order valence-electron chi connectivity index (χ1n) is 20.9. The molecule has 2 aromatic carbocycles. The van der Waals surface area contributed by atoms with Gasteiger partial charge in [0.2, 0.25) is 23.6 Å². The molecule has 298 valence electrons. The molecule has 3 heterocycles. The molecule has 0 aromatic heterocycles. The van der Waals surface area contributed by atoms with Crippen LogP contribution in [-0.2, 0) is 32.0 Å². The van der Waals surface area contributed by atoms with Gasteiger partial charge in [-0.15, -0.1) is 0 Å². The second-order valence-corrected chi connectivity index (χ2v) is 16.8. The van der Waals surface area contributed by atoms with Crippen molar-refractivity contribution in [3.63, 3.8) is 0 Å².